The Bertz CT molecular complexity index is 1250. The average Bonchev–Trinajstić information content (AvgIpc) is 3.04. The summed E-state index contributed by atoms with van der Waals surface area (Å²) in [4.78, 5) is 67.9. The van der Waals surface area contributed by atoms with Gasteiger partial charge in [-0.1, -0.05) is 50.1 Å². The lowest BCUT2D eigenvalue weighted by atomic mass is 9.73. The highest BCUT2D eigenvalue weighted by Gasteiger charge is 2.55. The molecule has 1 saturated carbocycles. The van der Waals surface area contributed by atoms with Crippen LogP contribution in [0.15, 0.2) is 39.9 Å². The van der Waals surface area contributed by atoms with Crippen molar-refractivity contribution < 1.29 is 14.4 Å². The minimum atomic E-state index is -0.992. The van der Waals surface area contributed by atoms with E-state index in [4.69, 9.17) is 5.73 Å². The number of aromatic amines is 1. The molecule has 180 valence electrons. The monoisotopic (exact) mass is 468 g/mol. The SMILES string of the molecule is CC1CCCCC12NC(=O)N(CC(=O)N(C)c1c(N)n(Cc3ccccc3)c(=O)[nH]c1=O)C2=O. The number of hydrogen-bond acceptors (Lipinski definition) is 6. The molecule has 2 aromatic rings. The van der Waals surface area contributed by atoms with Gasteiger partial charge in [-0.15, -0.1) is 0 Å². The Morgan fingerprint density at radius 2 is 1.88 bits per heavy atom. The molecule has 11 nitrogen and oxygen atoms in total. The number of anilines is 2. The zero-order valence-electron chi connectivity index (χ0n) is 19.2. The van der Waals surface area contributed by atoms with E-state index in [-0.39, 0.29) is 24.0 Å². The van der Waals surface area contributed by atoms with Crippen molar-refractivity contribution in [3.63, 3.8) is 0 Å². The van der Waals surface area contributed by atoms with Gasteiger partial charge in [0, 0.05) is 7.05 Å². The Morgan fingerprint density at radius 3 is 2.56 bits per heavy atom. The van der Waals surface area contributed by atoms with E-state index >= 15 is 0 Å². The topological polar surface area (TPSA) is 151 Å². The maximum atomic E-state index is 13.2. The second-order valence-corrected chi connectivity index (χ2v) is 8.96. The zero-order chi connectivity index (χ0) is 24.6. The molecule has 1 aromatic carbocycles. The molecule has 1 aromatic heterocycles. The third kappa shape index (κ3) is 3.87. The lowest BCUT2D eigenvalue weighted by molar-refractivity contribution is -0.136. The lowest BCUT2D eigenvalue weighted by Gasteiger charge is -2.36. The molecule has 4 rings (SSSR count). The number of carbonyl (C=O) groups excluding carboxylic acids is 3. The first kappa shape index (κ1) is 23.3. The van der Waals surface area contributed by atoms with Crippen LogP contribution in [0, 0.1) is 5.92 Å². The lowest BCUT2D eigenvalue weighted by Crippen LogP contribution is -2.54. The van der Waals surface area contributed by atoms with Crippen LogP contribution in [0.25, 0.3) is 0 Å². The number of nitrogens with zero attached hydrogens (tertiary/aromatic N) is 3. The molecule has 34 heavy (non-hydrogen) atoms. The second-order valence-electron chi connectivity index (χ2n) is 8.96. The van der Waals surface area contributed by atoms with Crippen molar-refractivity contribution in [2.75, 3.05) is 24.2 Å². The molecule has 4 amide bonds. The van der Waals surface area contributed by atoms with Gasteiger partial charge in [-0.05, 0) is 24.3 Å². The molecule has 2 aliphatic rings. The molecule has 1 aliphatic carbocycles. The Kier molecular flexibility index (Phi) is 6.03. The van der Waals surface area contributed by atoms with Gasteiger partial charge in [0.05, 0.1) is 6.54 Å². The Hall–Kier alpha value is -3.89. The van der Waals surface area contributed by atoms with Crippen LogP contribution < -0.4 is 27.2 Å². The summed E-state index contributed by atoms with van der Waals surface area (Å²) in [6.45, 7) is 1.46. The van der Waals surface area contributed by atoms with Crippen LogP contribution in [0.1, 0.15) is 38.2 Å². The Labute approximate surface area is 195 Å². The maximum absolute atomic E-state index is 13.2. The number of benzene rings is 1. The quantitative estimate of drug-likeness (QED) is 0.548. The molecule has 0 bridgehead atoms. The highest BCUT2D eigenvalue weighted by molar-refractivity contribution is 6.10. The number of nitrogens with one attached hydrogen (secondary N) is 2. The molecule has 1 spiro atoms. The van der Waals surface area contributed by atoms with Gasteiger partial charge in [-0.25, -0.2) is 9.59 Å². The van der Waals surface area contributed by atoms with Gasteiger partial charge in [-0.2, -0.15) is 0 Å². The minimum absolute atomic E-state index is 0.0458. The Morgan fingerprint density at radius 1 is 1.18 bits per heavy atom. The minimum Gasteiger partial charge on any atom is -0.383 e. The number of hydrogen-bond donors (Lipinski definition) is 3. The van der Waals surface area contributed by atoms with Crippen molar-refractivity contribution in [3.05, 3.63) is 56.7 Å². The molecular formula is C23H28N6O5. The van der Waals surface area contributed by atoms with Crippen LogP contribution in [-0.4, -0.2) is 51.4 Å². The van der Waals surface area contributed by atoms with Crippen LogP contribution in [0.3, 0.4) is 0 Å². The van der Waals surface area contributed by atoms with E-state index in [0.717, 1.165) is 39.2 Å². The zero-order valence-corrected chi connectivity index (χ0v) is 19.2. The molecule has 2 unspecified atom stereocenters. The number of rotatable bonds is 5. The maximum Gasteiger partial charge on any atom is 0.330 e. The number of H-pyrrole nitrogens is 1. The normalized spacial score (nSPS) is 22.2. The van der Waals surface area contributed by atoms with Crippen molar-refractivity contribution >= 4 is 29.4 Å². The molecule has 4 N–H and O–H groups in total. The first-order chi connectivity index (χ1) is 16.2. The summed E-state index contributed by atoms with van der Waals surface area (Å²) >= 11 is 0. The van der Waals surface area contributed by atoms with E-state index in [1.165, 1.54) is 7.05 Å². The molecule has 2 atom stereocenters. The van der Waals surface area contributed by atoms with Crippen molar-refractivity contribution in [1.29, 1.82) is 0 Å². The van der Waals surface area contributed by atoms with Crippen LogP contribution in [0.4, 0.5) is 16.3 Å². The first-order valence-electron chi connectivity index (χ1n) is 11.2. The molecule has 1 aliphatic heterocycles. The number of nitrogens with two attached hydrogens (primary N) is 1. The third-order valence-electron chi connectivity index (χ3n) is 6.90. The van der Waals surface area contributed by atoms with E-state index in [0.29, 0.717) is 6.42 Å². The molecule has 1 saturated heterocycles. The van der Waals surface area contributed by atoms with Crippen LogP contribution in [0.2, 0.25) is 0 Å². The van der Waals surface area contributed by atoms with Crippen LogP contribution in [-0.2, 0) is 16.1 Å². The summed E-state index contributed by atoms with van der Waals surface area (Å²) in [7, 11) is 1.32. The first-order valence-corrected chi connectivity index (χ1v) is 11.2. The molecule has 11 heteroatoms. The molecular weight excluding hydrogens is 440 g/mol. The number of likely N-dealkylation sites (N-methyl/N-ethyl adjacent to an activating group) is 1. The van der Waals surface area contributed by atoms with Gasteiger partial charge >= 0.3 is 11.7 Å². The van der Waals surface area contributed by atoms with E-state index in [9.17, 15) is 24.0 Å². The number of carbonyl (C=O) groups is 3. The van der Waals surface area contributed by atoms with E-state index in [1.807, 2.05) is 13.0 Å². The highest BCUT2D eigenvalue weighted by atomic mass is 16.2. The fraction of sp³-hybridized carbons (Fsp3) is 0.435. The third-order valence-corrected chi connectivity index (χ3v) is 6.90. The standard InChI is InChI=1S/C23H28N6O5/c1-14-8-6-7-11-23(14)20(32)29(22(34)26-23)13-16(30)27(2)17-18(24)28(21(33)25-19(17)31)12-15-9-4-3-5-10-15/h3-5,9-10,14H,6-8,11-13,24H2,1-2H3,(H,26,34)(H,25,31,33). The van der Waals surface area contributed by atoms with Crippen molar-refractivity contribution in [2.45, 2.75) is 44.7 Å². The summed E-state index contributed by atoms with van der Waals surface area (Å²) in [5, 5.41) is 2.80. The predicted octanol–water partition coefficient (Wildman–Crippen LogP) is 0.631. The van der Waals surface area contributed by atoms with E-state index < -0.39 is 41.2 Å². The molecule has 0 radical (unpaired) electrons. The molecule has 2 heterocycles. The fourth-order valence-corrected chi connectivity index (χ4v) is 4.83. The van der Waals surface area contributed by atoms with E-state index in [2.05, 4.69) is 10.3 Å². The number of nitrogen functional groups attached to an aromatic ring is 1. The van der Waals surface area contributed by atoms with Gasteiger partial charge in [-0.3, -0.25) is 28.8 Å². The largest absolute Gasteiger partial charge is 0.383 e. The smallest absolute Gasteiger partial charge is 0.330 e. The average molecular weight is 469 g/mol. The number of aromatic nitrogens is 2. The summed E-state index contributed by atoms with van der Waals surface area (Å²) in [6.07, 6.45) is 3.13. The van der Waals surface area contributed by atoms with Crippen LogP contribution >= 0.6 is 0 Å². The predicted molar refractivity (Wildman–Crippen MR) is 125 cm³/mol. The van der Waals surface area contributed by atoms with E-state index in [1.54, 1.807) is 24.3 Å². The van der Waals surface area contributed by atoms with Crippen molar-refractivity contribution in [2.24, 2.45) is 5.92 Å². The summed E-state index contributed by atoms with van der Waals surface area (Å²) < 4.78 is 1.16. The number of imide groups is 1. The van der Waals surface area contributed by atoms with Gasteiger partial charge in [0.1, 0.15) is 17.9 Å². The summed E-state index contributed by atoms with van der Waals surface area (Å²) in [5.74, 6) is -1.35. The second kappa shape index (κ2) is 8.81. The van der Waals surface area contributed by atoms with Gasteiger partial charge < -0.3 is 16.0 Å². The Balaban J connectivity index is 1.59. The van der Waals surface area contributed by atoms with Gasteiger partial charge in [0.2, 0.25) is 5.91 Å². The van der Waals surface area contributed by atoms with Gasteiger partial charge in [0.15, 0.2) is 5.69 Å². The van der Waals surface area contributed by atoms with Gasteiger partial charge in [0.25, 0.3) is 11.5 Å². The van der Waals surface area contributed by atoms with Crippen molar-refractivity contribution in [3.8, 4) is 0 Å². The summed E-state index contributed by atoms with van der Waals surface area (Å²) in [6, 6.07) is 8.40. The number of urea groups is 1. The van der Waals surface area contributed by atoms with Crippen molar-refractivity contribution in [1.82, 2.24) is 19.8 Å². The highest BCUT2D eigenvalue weighted by Crippen LogP contribution is 2.38. The van der Waals surface area contributed by atoms with Crippen LogP contribution in [0.5, 0.6) is 0 Å². The molecule has 2 fully saturated rings. The fourth-order valence-electron chi connectivity index (χ4n) is 4.83. The summed E-state index contributed by atoms with van der Waals surface area (Å²) in [5.41, 5.74) is 4.16. The number of amides is 4.